The second-order valence-corrected chi connectivity index (χ2v) is 4.25. The number of nitrogens with zero attached hydrogens (tertiary/aromatic N) is 3. The molecule has 20 heavy (non-hydrogen) atoms. The molecule has 0 saturated heterocycles. The van der Waals surface area contributed by atoms with Crippen LogP contribution in [-0.4, -0.2) is 20.6 Å². The molecule has 3 aromatic rings. The normalized spacial score (nSPS) is 10.3. The number of nitriles is 1. The number of pyridine rings is 1. The van der Waals surface area contributed by atoms with E-state index in [-0.39, 0.29) is 17.4 Å². The number of carbonyl (C=O) groups is 1. The van der Waals surface area contributed by atoms with Crippen molar-refractivity contribution in [2.75, 3.05) is 0 Å². The molecule has 0 bridgehead atoms. The van der Waals surface area contributed by atoms with E-state index in [1.54, 1.807) is 24.3 Å². The third-order valence-corrected chi connectivity index (χ3v) is 3.01. The Labute approximate surface area is 114 Å². The van der Waals surface area contributed by atoms with Gasteiger partial charge in [-0.1, -0.05) is 6.07 Å². The fourth-order valence-electron chi connectivity index (χ4n) is 2.09. The quantitative estimate of drug-likeness (QED) is 0.730. The van der Waals surface area contributed by atoms with Crippen LogP contribution in [0.1, 0.15) is 16.1 Å². The third-order valence-electron chi connectivity index (χ3n) is 3.01. The minimum atomic E-state index is -0.345. The van der Waals surface area contributed by atoms with Gasteiger partial charge in [0.15, 0.2) is 0 Å². The largest absolute Gasteiger partial charge is 0.508 e. The molecule has 5 nitrogen and oxygen atoms in total. The van der Waals surface area contributed by atoms with E-state index < -0.39 is 0 Å². The van der Waals surface area contributed by atoms with Crippen LogP contribution >= 0.6 is 0 Å². The van der Waals surface area contributed by atoms with E-state index in [2.05, 4.69) is 4.98 Å². The summed E-state index contributed by atoms with van der Waals surface area (Å²) in [5, 5.41) is 19.3. The molecule has 0 unspecified atom stereocenters. The van der Waals surface area contributed by atoms with Gasteiger partial charge in [-0.25, -0.2) is 0 Å². The summed E-state index contributed by atoms with van der Waals surface area (Å²) >= 11 is 0. The summed E-state index contributed by atoms with van der Waals surface area (Å²) in [5.41, 5.74) is 1.14. The van der Waals surface area contributed by atoms with Gasteiger partial charge in [0.05, 0.1) is 11.1 Å². The standard InChI is InChI=1S/C15H9N3O2/c16-8-10-9-18(14-7-11(19)4-5-12(10)14)15(20)13-3-1-2-6-17-13/h1-7,9,19H. The first-order valence-electron chi connectivity index (χ1n) is 5.90. The summed E-state index contributed by atoms with van der Waals surface area (Å²) in [6.45, 7) is 0. The van der Waals surface area contributed by atoms with E-state index in [1.807, 2.05) is 6.07 Å². The van der Waals surface area contributed by atoms with Crippen LogP contribution in [0.4, 0.5) is 0 Å². The zero-order valence-electron chi connectivity index (χ0n) is 10.3. The van der Waals surface area contributed by atoms with Crippen molar-refractivity contribution in [1.29, 1.82) is 5.26 Å². The van der Waals surface area contributed by atoms with Gasteiger partial charge in [-0.2, -0.15) is 5.26 Å². The maximum atomic E-state index is 12.4. The molecule has 2 aromatic heterocycles. The highest BCUT2D eigenvalue weighted by molar-refractivity contribution is 6.02. The molecule has 0 aliphatic carbocycles. The predicted molar refractivity (Wildman–Crippen MR) is 72.3 cm³/mol. The second kappa shape index (κ2) is 4.52. The first-order valence-corrected chi connectivity index (χ1v) is 5.90. The summed E-state index contributed by atoms with van der Waals surface area (Å²) in [5.74, 6) is -0.308. The molecule has 0 atom stereocenters. The number of hydrogen-bond acceptors (Lipinski definition) is 4. The van der Waals surface area contributed by atoms with E-state index in [1.165, 1.54) is 29.1 Å². The Hall–Kier alpha value is -3.13. The van der Waals surface area contributed by atoms with Crippen molar-refractivity contribution in [3.63, 3.8) is 0 Å². The Morgan fingerprint density at radius 1 is 1.30 bits per heavy atom. The fourth-order valence-corrected chi connectivity index (χ4v) is 2.09. The van der Waals surface area contributed by atoms with Crippen LogP contribution in [-0.2, 0) is 0 Å². The maximum absolute atomic E-state index is 12.4. The van der Waals surface area contributed by atoms with Crippen LogP contribution < -0.4 is 0 Å². The Bertz CT molecular complexity index is 845. The number of phenolic OH excluding ortho intramolecular Hbond substituents is 1. The zero-order valence-corrected chi connectivity index (χ0v) is 10.3. The Morgan fingerprint density at radius 2 is 2.15 bits per heavy atom. The number of fused-ring (bicyclic) bond motifs is 1. The smallest absolute Gasteiger partial charge is 0.280 e. The number of aromatic hydroxyl groups is 1. The SMILES string of the molecule is N#Cc1cn(C(=O)c2ccccn2)c2cc(O)ccc12. The van der Waals surface area contributed by atoms with E-state index in [9.17, 15) is 9.90 Å². The first kappa shape index (κ1) is 11.9. The summed E-state index contributed by atoms with van der Waals surface area (Å²) in [7, 11) is 0. The van der Waals surface area contributed by atoms with Crippen LogP contribution in [0.3, 0.4) is 0 Å². The summed E-state index contributed by atoms with van der Waals surface area (Å²) in [4.78, 5) is 16.4. The van der Waals surface area contributed by atoms with Gasteiger partial charge in [-0.05, 0) is 24.3 Å². The molecular formula is C15H9N3O2. The van der Waals surface area contributed by atoms with E-state index in [0.717, 1.165) is 0 Å². The highest BCUT2D eigenvalue weighted by atomic mass is 16.3. The second-order valence-electron chi connectivity index (χ2n) is 4.25. The summed E-state index contributed by atoms with van der Waals surface area (Å²) < 4.78 is 1.33. The molecule has 1 aromatic carbocycles. The molecule has 0 spiro atoms. The lowest BCUT2D eigenvalue weighted by Gasteiger charge is -2.03. The number of benzene rings is 1. The van der Waals surface area contributed by atoms with E-state index in [4.69, 9.17) is 5.26 Å². The highest BCUT2D eigenvalue weighted by Gasteiger charge is 2.16. The molecule has 0 aliphatic heterocycles. The molecule has 5 heteroatoms. The van der Waals surface area contributed by atoms with Gasteiger partial charge in [0.25, 0.3) is 5.91 Å². The lowest BCUT2D eigenvalue weighted by molar-refractivity contribution is 0.0960. The van der Waals surface area contributed by atoms with Crippen LogP contribution in [0.15, 0.2) is 48.8 Å². The average molecular weight is 263 g/mol. The number of rotatable bonds is 1. The van der Waals surface area contributed by atoms with Gasteiger partial charge >= 0.3 is 0 Å². The monoisotopic (exact) mass is 263 g/mol. The van der Waals surface area contributed by atoms with Crippen molar-refractivity contribution in [2.45, 2.75) is 0 Å². The molecule has 1 N–H and O–H groups in total. The molecule has 3 rings (SSSR count). The van der Waals surface area contributed by atoms with Crippen molar-refractivity contribution in [3.05, 3.63) is 60.0 Å². The topological polar surface area (TPSA) is 78.9 Å². The summed E-state index contributed by atoms with van der Waals surface area (Å²) in [6, 6.07) is 11.6. The average Bonchev–Trinajstić information content (AvgIpc) is 2.85. The van der Waals surface area contributed by atoms with Crippen molar-refractivity contribution >= 4 is 16.8 Å². The number of carbonyl (C=O) groups excluding carboxylic acids is 1. The molecule has 0 saturated carbocycles. The molecular weight excluding hydrogens is 254 g/mol. The van der Waals surface area contributed by atoms with Crippen molar-refractivity contribution in [3.8, 4) is 11.8 Å². The van der Waals surface area contributed by atoms with Crippen LogP contribution in [0.5, 0.6) is 5.75 Å². The third kappa shape index (κ3) is 1.80. The zero-order chi connectivity index (χ0) is 14.1. The van der Waals surface area contributed by atoms with Crippen molar-refractivity contribution in [1.82, 2.24) is 9.55 Å². The molecule has 0 radical (unpaired) electrons. The molecule has 0 amide bonds. The Kier molecular flexibility index (Phi) is 2.70. The van der Waals surface area contributed by atoms with Crippen LogP contribution in [0.2, 0.25) is 0 Å². The van der Waals surface area contributed by atoms with Gasteiger partial charge in [-0.3, -0.25) is 14.3 Å². The Balaban J connectivity index is 2.24. The number of hydrogen-bond donors (Lipinski definition) is 1. The minimum absolute atomic E-state index is 0.0372. The van der Waals surface area contributed by atoms with Gasteiger partial charge in [0.2, 0.25) is 0 Å². The van der Waals surface area contributed by atoms with Gasteiger partial charge in [-0.15, -0.1) is 0 Å². The van der Waals surface area contributed by atoms with Gasteiger partial charge in [0, 0.05) is 23.8 Å². The molecule has 96 valence electrons. The van der Waals surface area contributed by atoms with Crippen molar-refractivity contribution in [2.24, 2.45) is 0 Å². The van der Waals surface area contributed by atoms with E-state index in [0.29, 0.717) is 16.5 Å². The lowest BCUT2D eigenvalue weighted by Crippen LogP contribution is -2.12. The molecule has 0 fully saturated rings. The molecule has 0 aliphatic rings. The maximum Gasteiger partial charge on any atom is 0.280 e. The molecule has 2 heterocycles. The van der Waals surface area contributed by atoms with E-state index >= 15 is 0 Å². The predicted octanol–water partition coefficient (Wildman–Crippen LogP) is 2.30. The summed E-state index contributed by atoms with van der Waals surface area (Å²) in [6.07, 6.45) is 2.99. The van der Waals surface area contributed by atoms with Gasteiger partial charge < -0.3 is 5.11 Å². The van der Waals surface area contributed by atoms with Crippen LogP contribution in [0.25, 0.3) is 10.9 Å². The minimum Gasteiger partial charge on any atom is -0.508 e. The lowest BCUT2D eigenvalue weighted by atomic mass is 10.2. The number of aromatic nitrogens is 2. The van der Waals surface area contributed by atoms with Gasteiger partial charge in [0.1, 0.15) is 17.5 Å². The fraction of sp³-hybridized carbons (Fsp3) is 0. The first-order chi connectivity index (χ1) is 9.70. The number of phenols is 1. The van der Waals surface area contributed by atoms with Crippen LogP contribution in [0, 0.1) is 11.3 Å². The Morgan fingerprint density at radius 3 is 2.85 bits per heavy atom. The van der Waals surface area contributed by atoms with Crippen molar-refractivity contribution < 1.29 is 9.90 Å². The highest BCUT2D eigenvalue weighted by Crippen LogP contribution is 2.25.